The number of nitrogens with one attached hydrogen (secondary N) is 3. The van der Waals surface area contributed by atoms with Crippen molar-refractivity contribution in [1.29, 1.82) is 0 Å². The highest BCUT2D eigenvalue weighted by atomic mass is 32.2. The number of nitrogens with zero attached hydrogens (tertiary/aromatic N) is 3. The molecule has 186 valence electrons. The molecule has 0 saturated heterocycles. The van der Waals surface area contributed by atoms with Crippen LogP contribution >= 0.6 is 11.3 Å². The lowest BCUT2D eigenvalue weighted by molar-refractivity contribution is 0.0531. The number of carbonyl (C=O) groups excluding carboxylic acids is 1. The molecule has 1 aromatic carbocycles. The van der Waals surface area contributed by atoms with Crippen molar-refractivity contribution in [3.63, 3.8) is 0 Å². The third-order valence-electron chi connectivity index (χ3n) is 5.47. The van der Waals surface area contributed by atoms with Crippen molar-refractivity contribution >= 4 is 44.0 Å². The first-order chi connectivity index (χ1) is 16.7. The van der Waals surface area contributed by atoms with Crippen LogP contribution in [0.2, 0.25) is 0 Å². The van der Waals surface area contributed by atoms with Gasteiger partial charge in [-0.2, -0.15) is 4.98 Å². The van der Waals surface area contributed by atoms with Gasteiger partial charge < -0.3 is 15.4 Å². The molecule has 2 aromatic heterocycles. The quantitative estimate of drug-likeness (QED) is 0.384. The molecule has 0 unspecified atom stereocenters. The summed E-state index contributed by atoms with van der Waals surface area (Å²) >= 11 is 1.20. The van der Waals surface area contributed by atoms with Gasteiger partial charge >= 0.3 is 5.97 Å². The Morgan fingerprint density at radius 2 is 1.89 bits per heavy atom. The lowest BCUT2D eigenvalue weighted by Gasteiger charge is -2.15. The molecule has 3 heterocycles. The summed E-state index contributed by atoms with van der Waals surface area (Å²) in [6.07, 6.45) is 2.74. The Kier molecular flexibility index (Phi) is 7.63. The molecule has 3 aromatic rings. The van der Waals surface area contributed by atoms with Gasteiger partial charge in [-0.3, -0.25) is 5.32 Å². The summed E-state index contributed by atoms with van der Waals surface area (Å²) < 4.78 is 28.5. The van der Waals surface area contributed by atoms with E-state index in [0.29, 0.717) is 40.6 Å². The number of hydrogen-bond donors (Lipinski definition) is 3. The Labute approximate surface area is 208 Å². The average Bonchev–Trinajstić information content (AvgIpc) is 3.01. The number of rotatable bonds is 8. The molecule has 0 bridgehead atoms. The average molecular weight is 517 g/mol. The molecule has 12 heteroatoms. The highest BCUT2D eigenvalue weighted by Crippen LogP contribution is 2.28. The first kappa shape index (κ1) is 25.0. The van der Waals surface area contributed by atoms with Gasteiger partial charge in [0.2, 0.25) is 5.95 Å². The lowest BCUT2D eigenvalue weighted by atomic mass is 10.1. The Hall–Kier alpha value is -3.09. The van der Waals surface area contributed by atoms with E-state index >= 15 is 0 Å². The number of carbonyl (C=O) groups is 1. The highest BCUT2D eigenvalue weighted by molar-refractivity contribution is 7.90. The fourth-order valence-corrected chi connectivity index (χ4v) is 5.20. The predicted molar refractivity (Wildman–Crippen MR) is 135 cm³/mol. The van der Waals surface area contributed by atoms with Crippen LogP contribution < -0.4 is 16.0 Å². The Balaban J connectivity index is 1.58. The van der Waals surface area contributed by atoms with E-state index < -0.39 is 15.8 Å². The second kappa shape index (κ2) is 10.7. The van der Waals surface area contributed by atoms with E-state index in [4.69, 9.17) is 14.7 Å². The zero-order chi connectivity index (χ0) is 25.0. The second-order valence-electron chi connectivity index (χ2n) is 8.12. The maximum Gasteiger partial charge on any atom is 0.350 e. The molecule has 0 saturated carbocycles. The van der Waals surface area contributed by atoms with Crippen LogP contribution in [-0.4, -0.2) is 55.3 Å². The third kappa shape index (κ3) is 6.13. The van der Waals surface area contributed by atoms with E-state index in [-0.39, 0.29) is 4.90 Å². The zero-order valence-electron chi connectivity index (χ0n) is 19.8. The highest BCUT2D eigenvalue weighted by Gasteiger charge is 2.20. The molecule has 1 aliphatic heterocycles. The Morgan fingerprint density at radius 3 is 2.60 bits per heavy atom. The van der Waals surface area contributed by atoms with Gasteiger partial charge in [0.25, 0.3) is 0 Å². The molecule has 0 fully saturated rings. The van der Waals surface area contributed by atoms with Gasteiger partial charge in [-0.15, -0.1) is 0 Å². The van der Waals surface area contributed by atoms with E-state index in [1.54, 1.807) is 38.1 Å². The summed E-state index contributed by atoms with van der Waals surface area (Å²) in [5, 5.41) is 10.4. The number of hydrogen-bond acceptors (Lipinski definition) is 11. The van der Waals surface area contributed by atoms with Gasteiger partial charge in [-0.05, 0) is 44.5 Å². The number of fused-ring (bicyclic) bond motifs is 1. The van der Waals surface area contributed by atoms with Crippen LogP contribution in [0.25, 0.3) is 0 Å². The number of aryl methyl sites for hydroxylation is 1. The normalized spacial score (nSPS) is 13.6. The molecule has 0 atom stereocenters. The van der Waals surface area contributed by atoms with Crippen molar-refractivity contribution in [3.05, 3.63) is 51.7 Å². The number of ether oxygens (including phenoxy) is 1. The molecule has 0 amide bonds. The van der Waals surface area contributed by atoms with Gasteiger partial charge in [-0.1, -0.05) is 23.5 Å². The first-order valence-electron chi connectivity index (χ1n) is 11.3. The molecule has 0 aliphatic carbocycles. The minimum absolute atomic E-state index is 0.288. The third-order valence-corrected chi connectivity index (χ3v) is 7.65. The molecule has 10 nitrogen and oxygen atoms in total. The fraction of sp³-hybridized carbons (Fsp3) is 0.391. The molecule has 1 aliphatic rings. The second-order valence-corrected chi connectivity index (χ2v) is 11.1. The van der Waals surface area contributed by atoms with E-state index in [1.165, 1.54) is 17.6 Å². The number of sulfone groups is 1. The van der Waals surface area contributed by atoms with Crippen molar-refractivity contribution in [2.24, 2.45) is 0 Å². The van der Waals surface area contributed by atoms with E-state index in [0.717, 1.165) is 42.8 Å². The van der Waals surface area contributed by atoms with Crippen molar-refractivity contribution in [2.45, 2.75) is 38.1 Å². The number of anilines is 3. The van der Waals surface area contributed by atoms with Crippen molar-refractivity contribution in [3.8, 4) is 0 Å². The van der Waals surface area contributed by atoms with E-state index in [9.17, 15) is 13.2 Å². The summed E-state index contributed by atoms with van der Waals surface area (Å²) in [4.78, 5) is 26.8. The molecule has 0 spiro atoms. The Morgan fingerprint density at radius 1 is 1.14 bits per heavy atom. The van der Waals surface area contributed by atoms with Crippen molar-refractivity contribution in [2.75, 3.05) is 36.6 Å². The topological polar surface area (TPSA) is 135 Å². The first-order valence-corrected chi connectivity index (χ1v) is 14.0. The number of thiazole rings is 1. The summed E-state index contributed by atoms with van der Waals surface area (Å²) in [5.41, 5.74) is 3.52. The molecule has 0 radical (unpaired) electrons. The predicted octanol–water partition coefficient (Wildman–Crippen LogP) is 2.87. The van der Waals surface area contributed by atoms with Gasteiger partial charge in [0.15, 0.2) is 15.0 Å². The molecule has 3 N–H and O–H groups in total. The van der Waals surface area contributed by atoms with Gasteiger partial charge in [0, 0.05) is 31.3 Å². The summed E-state index contributed by atoms with van der Waals surface area (Å²) in [5.74, 6) is 0.714. The van der Waals surface area contributed by atoms with Gasteiger partial charge in [0.1, 0.15) is 10.7 Å². The largest absolute Gasteiger partial charge is 0.462 e. The summed E-state index contributed by atoms with van der Waals surface area (Å²) in [7, 11) is -3.24. The smallest absolute Gasteiger partial charge is 0.350 e. The van der Waals surface area contributed by atoms with Crippen molar-refractivity contribution in [1.82, 2.24) is 20.3 Å². The van der Waals surface area contributed by atoms with E-state index in [2.05, 4.69) is 20.9 Å². The van der Waals surface area contributed by atoms with Crippen molar-refractivity contribution < 1.29 is 17.9 Å². The minimum atomic E-state index is -3.24. The summed E-state index contributed by atoms with van der Waals surface area (Å²) in [6, 6.07) is 6.80. The molecule has 35 heavy (non-hydrogen) atoms. The Bertz CT molecular complexity index is 1320. The van der Waals surface area contributed by atoms with Gasteiger partial charge in [0.05, 0.1) is 22.9 Å². The van der Waals surface area contributed by atoms with Gasteiger partial charge in [-0.25, -0.2) is 23.2 Å². The van der Waals surface area contributed by atoms with Crippen LogP contribution in [0.1, 0.15) is 39.1 Å². The number of benzene rings is 1. The monoisotopic (exact) mass is 516 g/mol. The molecule has 4 rings (SSSR count). The molecular weight excluding hydrogens is 488 g/mol. The maximum atomic E-state index is 12.1. The van der Waals surface area contributed by atoms with Crippen LogP contribution in [0.3, 0.4) is 0 Å². The van der Waals surface area contributed by atoms with Crippen LogP contribution in [0.4, 0.5) is 16.9 Å². The lowest BCUT2D eigenvalue weighted by Crippen LogP contribution is -2.16. The maximum absolute atomic E-state index is 12.1. The zero-order valence-corrected chi connectivity index (χ0v) is 21.5. The number of aromatic nitrogens is 3. The number of esters is 1. The standard InChI is InChI=1S/C23H28N6O4S2/c1-4-33-21(30)19-14(2)26-23(34-19)29-22-27-18-10-12-24-11-9-17(18)20(28-22)25-13-15-5-7-16(8-6-15)35(3,31)32/h5-8,24H,4,9-13H2,1-3H3,(H2,25,26,27,28,29). The van der Waals surface area contributed by atoms with Crippen LogP contribution in [0.15, 0.2) is 29.2 Å². The van der Waals surface area contributed by atoms with Crippen LogP contribution in [0, 0.1) is 6.92 Å². The molecular formula is C23H28N6O4S2. The SMILES string of the molecule is CCOC(=O)c1sc(Nc2nc3c(c(NCc4ccc(S(C)(=O)=O)cc4)n2)CCNCC3)nc1C. The van der Waals surface area contributed by atoms with Crippen LogP contribution in [0.5, 0.6) is 0 Å². The van der Waals surface area contributed by atoms with E-state index in [1.807, 2.05) is 0 Å². The fourth-order valence-electron chi connectivity index (χ4n) is 3.72. The minimum Gasteiger partial charge on any atom is -0.462 e. The van der Waals surface area contributed by atoms with Crippen LogP contribution in [-0.2, 0) is 34.0 Å². The summed E-state index contributed by atoms with van der Waals surface area (Å²) in [6.45, 7) is 5.95.